The Labute approximate surface area is 146 Å². The van der Waals surface area contributed by atoms with Gasteiger partial charge in [0.05, 0.1) is 5.25 Å². The van der Waals surface area contributed by atoms with Gasteiger partial charge < -0.3 is 10.7 Å². The minimum absolute atomic E-state index is 0.0584. The normalized spacial score (nSPS) is 11.6. The molecule has 8 nitrogen and oxygen atoms in total. The third kappa shape index (κ3) is 5.00. The Kier molecular flexibility index (Phi) is 5.83. The molecule has 1 atom stereocenters. The highest BCUT2D eigenvalue weighted by molar-refractivity contribution is 8.00. The van der Waals surface area contributed by atoms with Gasteiger partial charge in [-0.3, -0.25) is 25.2 Å². The largest absolute Gasteiger partial charge is 0.383 e. The van der Waals surface area contributed by atoms with Gasteiger partial charge in [-0.15, -0.1) is 0 Å². The number of nitrogen functional groups attached to an aromatic ring is 1. The van der Waals surface area contributed by atoms with Crippen molar-refractivity contribution in [2.75, 3.05) is 5.73 Å². The van der Waals surface area contributed by atoms with Crippen LogP contribution in [0.5, 0.6) is 0 Å². The third-order valence-electron chi connectivity index (χ3n) is 2.78. The molecule has 10 heteroatoms. The van der Waals surface area contributed by atoms with Crippen molar-refractivity contribution in [3.8, 4) is 0 Å². The number of carbonyl (C=O) groups is 2. The number of thioether (sulfide) groups is 1. The third-order valence-corrected chi connectivity index (χ3v) is 4.00. The van der Waals surface area contributed by atoms with Crippen molar-refractivity contribution in [3.63, 3.8) is 0 Å². The van der Waals surface area contributed by atoms with Crippen LogP contribution in [-0.2, 0) is 4.79 Å². The first kappa shape index (κ1) is 17.8. The van der Waals surface area contributed by atoms with E-state index < -0.39 is 22.6 Å². The number of nitrogens with zero attached hydrogens (tertiary/aromatic N) is 1. The van der Waals surface area contributed by atoms with E-state index in [4.69, 9.17) is 17.3 Å². The average molecular weight is 368 g/mol. The van der Waals surface area contributed by atoms with Crippen molar-refractivity contribution in [3.05, 3.63) is 51.3 Å². The van der Waals surface area contributed by atoms with E-state index in [0.717, 1.165) is 17.8 Å². The summed E-state index contributed by atoms with van der Waals surface area (Å²) in [7, 11) is 0. The maximum Gasteiger partial charge on any atom is 0.269 e. The first-order chi connectivity index (χ1) is 11.3. The molecule has 24 heavy (non-hydrogen) atoms. The number of nitrogens with two attached hydrogens (primary N) is 1. The molecule has 1 aromatic heterocycles. The van der Waals surface area contributed by atoms with Crippen LogP contribution in [0.2, 0.25) is 5.02 Å². The number of benzene rings is 1. The fourth-order valence-electron chi connectivity index (χ4n) is 1.65. The zero-order chi connectivity index (χ0) is 17.7. The van der Waals surface area contributed by atoms with Crippen LogP contribution in [0.4, 0.5) is 5.82 Å². The number of hydrogen-bond donors (Lipinski definition) is 4. The van der Waals surface area contributed by atoms with Gasteiger partial charge >= 0.3 is 0 Å². The predicted octanol–water partition coefficient (Wildman–Crippen LogP) is 0.947. The maximum atomic E-state index is 12.0. The van der Waals surface area contributed by atoms with E-state index in [-0.39, 0.29) is 11.0 Å². The Morgan fingerprint density at radius 3 is 2.75 bits per heavy atom. The van der Waals surface area contributed by atoms with Gasteiger partial charge in [0.15, 0.2) is 5.16 Å². The van der Waals surface area contributed by atoms with Crippen LogP contribution in [0.25, 0.3) is 0 Å². The topological polar surface area (TPSA) is 130 Å². The summed E-state index contributed by atoms with van der Waals surface area (Å²) < 4.78 is 0. The Morgan fingerprint density at radius 2 is 2.08 bits per heavy atom. The van der Waals surface area contributed by atoms with Gasteiger partial charge in [-0.05, 0) is 25.1 Å². The lowest BCUT2D eigenvalue weighted by atomic mass is 10.2. The van der Waals surface area contributed by atoms with Crippen molar-refractivity contribution >= 4 is 41.0 Å². The van der Waals surface area contributed by atoms with E-state index >= 15 is 0 Å². The zero-order valence-electron chi connectivity index (χ0n) is 12.5. The zero-order valence-corrected chi connectivity index (χ0v) is 14.1. The number of H-pyrrole nitrogens is 1. The van der Waals surface area contributed by atoms with Crippen LogP contribution in [0.15, 0.2) is 40.3 Å². The summed E-state index contributed by atoms with van der Waals surface area (Å²) in [6.45, 7) is 1.59. The smallest absolute Gasteiger partial charge is 0.269 e. The Hall–Kier alpha value is -2.52. The second kappa shape index (κ2) is 7.84. The molecule has 0 fully saturated rings. The van der Waals surface area contributed by atoms with E-state index in [1.165, 1.54) is 6.07 Å². The lowest BCUT2D eigenvalue weighted by Crippen LogP contribution is -2.45. The highest BCUT2D eigenvalue weighted by Gasteiger charge is 2.17. The lowest BCUT2D eigenvalue weighted by Gasteiger charge is -2.12. The second-order valence-electron chi connectivity index (χ2n) is 4.69. The van der Waals surface area contributed by atoms with Gasteiger partial charge in [-0.2, -0.15) is 0 Å². The summed E-state index contributed by atoms with van der Waals surface area (Å²) in [5.41, 5.74) is 9.96. The van der Waals surface area contributed by atoms with Crippen molar-refractivity contribution in [2.45, 2.75) is 17.3 Å². The van der Waals surface area contributed by atoms with Gasteiger partial charge in [-0.25, -0.2) is 4.98 Å². The quantitative estimate of drug-likeness (QED) is 0.361. The van der Waals surface area contributed by atoms with Crippen molar-refractivity contribution < 1.29 is 9.59 Å². The SMILES string of the molecule is C[C@@H](Sc1nc(N)cc(=O)[nH]1)C(=O)NNC(=O)c1cccc(Cl)c1. The molecule has 0 spiro atoms. The summed E-state index contributed by atoms with van der Waals surface area (Å²) >= 11 is 6.80. The van der Waals surface area contributed by atoms with Crippen LogP contribution in [0, 0.1) is 0 Å². The lowest BCUT2D eigenvalue weighted by molar-refractivity contribution is -0.121. The minimum atomic E-state index is -0.630. The molecule has 2 amide bonds. The van der Waals surface area contributed by atoms with Gasteiger partial charge in [0, 0.05) is 16.7 Å². The summed E-state index contributed by atoms with van der Waals surface area (Å²) in [6.07, 6.45) is 0. The van der Waals surface area contributed by atoms with Gasteiger partial charge in [-0.1, -0.05) is 29.4 Å². The van der Waals surface area contributed by atoms with Crippen LogP contribution in [0.1, 0.15) is 17.3 Å². The molecular weight excluding hydrogens is 354 g/mol. The van der Waals surface area contributed by atoms with E-state index in [0.29, 0.717) is 10.6 Å². The van der Waals surface area contributed by atoms with E-state index in [9.17, 15) is 14.4 Å². The number of aromatic amines is 1. The number of hydrazine groups is 1. The average Bonchev–Trinajstić information content (AvgIpc) is 2.51. The van der Waals surface area contributed by atoms with Crippen molar-refractivity contribution in [1.29, 1.82) is 0 Å². The van der Waals surface area contributed by atoms with E-state index in [2.05, 4.69) is 20.8 Å². The Morgan fingerprint density at radius 1 is 1.33 bits per heavy atom. The van der Waals surface area contributed by atoms with Gasteiger partial charge in [0.25, 0.3) is 17.4 Å². The minimum Gasteiger partial charge on any atom is -0.383 e. The summed E-state index contributed by atoms with van der Waals surface area (Å²) in [4.78, 5) is 41.6. The summed E-state index contributed by atoms with van der Waals surface area (Å²) in [5, 5.41) is -0.00646. The number of nitrogens with one attached hydrogen (secondary N) is 3. The molecule has 0 aliphatic heterocycles. The molecule has 0 saturated carbocycles. The number of carbonyl (C=O) groups excluding carboxylic acids is 2. The van der Waals surface area contributed by atoms with Crippen LogP contribution < -0.4 is 22.1 Å². The molecule has 0 saturated heterocycles. The second-order valence-corrected chi connectivity index (χ2v) is 6.46. The number of anilines is 1. The van der Waals surface area contributed by atoms with E-state index in [1.54, 1.807) is 25.1 Å². The molecular formula is C14H14ClN5O3S. The van der Waals surface area contributed by atoms with Crippen molar-refractivity contribution in [2.24, 2.45) is 0 Å². The fourth-order valence-corrected chi connectivity index (χ4v) is 2.66. The molecule has 0 radical (unpaired) electrons. The molecule has 0 unspecified atom stereocenters. The highest BCUT2D eigenvalue weighted by Crippen LogP contribution is 2.18. The standard InChI is InChI=1S/C14H14ClN5O3S/c1-7(24-14-17-10(16)6-11(21)18-14)12(22)19-20-13(23)8-3-2-4-9(15)5-8/h2-7H,1H3,(H,19,22)(H,20,23)(H3,16,17,18,21)/t7-/m1/s1. The number of aromatic nitrogens is 2. The Bertz CT molecular complexity index is 826. The molecule has 0 bridgehead atoms. The number of halogens is 1. The fraction of sp³-hybridized carbons (Fsp3) is 0.143. The van der Waals surface area contributed by atoms with E-state index in [1.807, 2.05) is 0 Å². The van der Waals surface area contributed by atoms with Gasteiger partial charge in [0.1, 0.15) is 5.82 Å². The number of amides is 2. The summed E-state index contributed by atoms with van der Waals surface area (Å²) in [5.74, 6) is -0.915. The first-order valence-corrected chi connectivity index (χ1v) is 8.00. The monoisotopic (exact) mass is 367 g/mol. The van der Waals surface area contributed by atoms with Crippen molar-refractivity contribution in [1.82, 2.24) is 20.8 Å². The molecule has 1 aromatic carbocycles. The predicted molar refractivity (Wildman–Crippen MR) is 91.6 cm³/mol. The molecule has 0 aliphatic rings. The first-order valence-electron chi connectivity index (χ1n) is 6.74. The maximum absolute atomic E-state index is 12.0. The molecule has 1 heterocycles. The highest BCUT2D eigenvalue weighted by atomic mass is 35.5. The van der Waals surface area contributed by atoms with Crippen LogP contribution in [0.3, 0.4) is 0 Å². The molecule has 2 rings (SSSR count). The molecule has 2 aromatic rings. The molecule has 0 aliphatic carbocycles. The molecule has 126 valence electrons. The number of rotatable bonds is 4. The molecule has 5 N–H and O–H groups in total. The number of hydrogen-bond acceptors (Lipinski definition) is 6. The summed E-state index contributed by atoms with van der Waals surface area (Å²) in [6, 6.07) is 7.43. The van der Waals surface area contributed by atoms with Crippen LogP contribution in [-0.4, -0.2) is 27.0 Å². The Balaban J connectivity index is 1.92. The van der Waals surface area contributed by atoms with Crippen LogP contribution >= 0.6 is 23.4 Å². The van der Waals surface area contributed by atoms with Gasteiger partial charge in [0.2, 0.25) is 0 Å².